The Morgan fingerprint density at radius 1 is 1.33 bits per heavy atom. The van der Waals surface area contributed by atoms with Crippen LogP contribution in [0.4, 0.5) is 0 Å². The molecule has 0 heterocycles. The molecule has 2 nitrogen and oxygen atoms in total. The highest BCUT2D eigenvalue weighted by molar-refractivity contribution is 6.32. The molecule has 0 amide bonds. The lowest BCUT2D eigenvalue weighted by molar-refractivity contribution is 0.306. The molecular formula is C12H18ClNO. The highest BCUT2D eigenvalue weighted by Crippen LogP contribution is 2.25. The van der Waals surface area contributed by atoms with Gasteiger partial charge in [-0.15, -0.1) is 0 Å². The molecule has 0 unspecified atom stereocenters. The number of aryl methyl sites for hydroxylation is 1. The molecule has 0 spiro atoms. The molecule has 1 N–H and O–H groups in total. The van der Waals surface area contributed by atoms with E-state index in [4.69, 9.17) is 16.3 Å². The van der Waals surface area contributed by atoms with Gasteiger partial charge in [-0.25, -0.2) is 0 Å². The van der Waals surface area contributed by atoms with Gasteiger partial charge in [0.15, 0.2) is 0 Å². The summed E-state index contributed by atoms with van der Waals surface area (Å²) in [5, 5.41) is 3.80. The lowest BCUT2D eigenvalue weighted by Gasteiger charge is -2.08. The van der Waals surface area contributed by atoms with E-state index in [9.17, 15) is 0 Å². The van der Waals surface area contributed by atoms with Gasteiger partial charge in [-0.2, -0.15) is 0 Å². The molecule has 0 fully saturated rings. The van der Waals surface area contributed by atoms with Crippen molar-refractivity contribution >= 4 is 11.6 Å². The second kappa shape index (κ2) is 6.70. The van der Waals surface area contributed by atoms with E-state index in [1.54, 1.807) is 0 Å². The Bertz CT molecular complexity index is 302. The predicted molar refractivity (Wildman–Crippen MR) is 64.8 cm³/mol. The molecule has 0 radical (unpaired) electrons. The van der Waals surface area contributed by atoms with Crippen LogP contribution in [-0.2, 0) is 0 Å². The Morgan fingerprint density at radius 3 is 2.80 bits per heavy atom. The second-order valence-electron chi connectivity index (χ2n) is 3.59. The Hall–Kier alpha value is -0.730. The van der Waals surface area contributed by atoms with E-state index in [2.05, 4.69) is 5.32 Å². The standard InChI is InChI=1S/C12H18ClNO/c1-10-5-6-12(11(13)9-10)15-8-4-3-7-14-2/h5-6,9,14H,3-4,7-8H2,1-2H3. The fourth-order valence-electron chi connectivity index (χ4n) is 1.31. The number of rotatable bonds is 6. The number of halogens is 1. The Kier molecular flexibility index (Phi) is 5.51. The van der Waals surface area contributed by atoms with E-state index in [1.807, 2.05) is 32.2 Å². The average molecular weight is 228 g/mol. The van der Waals surface area contributed by atoms with Crippen LogP contribution in [0.3, 0.4) is 0 Å². The van der Waals surface area contributed by atoms with Crippen LogP contribution in [0.25, 0.3) is 0 Å². The van der Waals surface area contributed by atoms with Crippen molar-refractivity contribution in [2.24, 2.45) is 0 Å². The Balaban J connectivity index is 2.31. The predicted octanol–water partition coefficient (Wildman–Crippen LogP) is 3.03. The van der Waals surface area contributed by atoms with Gasteiger partial charge >= 0.3 is 0 Å². The summed E-state index contributed by atoms with van der Waals surface area (Å²) in [4.78, 5) is 0. The summed E-state index contributed by atoms with van der Waals surface area (Å²) < 4.78 is 5.58. The van der Waals surface area contributed by atoms with Crippen molar-refractivity contribution in [3.05, 3.63) is 28.8 Å². The van der Waals surface area contributed by atoms with Crippen LogP contribution in [0, 0.1) is 6.92 Å². The van der Waals surface area contributed by atoms with Gasteiger partial charge in [0.05, 0.1) is 11.6 Å². The molecule has 0 aliphatic heterocycles. The number of nitrogens with one attached hydrogen (secondary N) is 1. The van der Waals surface area contributed by atoms with Crippen LogP contribution >= 0.6 is 11.6 Å². The van der Waals surface area contributed by atoms with E-state index in [0.717, 1.165) is 37.3 Å². The SMILES string of the molecule is CNCCCCOc1ccc(C)cc1Cl. The maximum atomic E-state index is 6.03. The molecule has 0 bridgehead atoms. The maximum absolute atomic E-state index is 6.03. The molecule has 1 aromatic rings. The topological polar surface area (TPSA) is 21.3 Å². The van der Waals surface area contributed by atoms with Crippen molar-refractivity contribution in [3.63, 3.8) is 0 Å². The fraction of sp³-hybridized carbons (Fsp3) is 0.500. The number of hydrogen-bond acceptors (Lipinski definition) is 2. The third-order valence-corrected chi connectivity index (χ3v) is 2.46. The monoisotopic (exact) mass is 227 g/mol. The fourth-order valence-corrected chi connectivity index (χ4v) is 1.60. The third kappa shape index (κ3) is 4.54. The lowest BCUT2D eigenvalue weighted by atomic mass is 10.2. The smallest absolute Gasteiger partial charge is 0.137 e. The minimum atomic E-state index is 0.698. The summed E-state index contributed by atoms with van der Waals surface area (Å²) in [7, 11) is 1.96. The molecule has 3 heteroatoms. The first-order chi connectivity index (χ1) is 7.24. The molecule has 0 aromatic heterocycles. The first-order valence-electron chi connectivity index (χ1n) is 5.27. The van der Waals surface area contributed by atoms with Gasteiger partial charge in [0.2, 0.25) is 0 Å². The van der Waals surface area contributed by atoms with E-state index in [1.165, 1.54) is 0 Å². The molecule has 1 aromatic carbocycles. The summed E-state index contributed by atoms with van der Waals surface area (Å²) in [5.74, 6) is 0.784. The highest BCUT2D eigenvalue weighted by Gasteiger charge is 2.00. The van der Waals surface area contributed by atoms with Crippen LogP contribution < -0.4 is 10.1 Å². The van der Waals surface area contributed by atoms with Crippen LogP contribution in [0.5, 0.6) is 5.75 Å². The van der Waals surface area contributed by atoms with Gasteiger partial charge in [0.25, 0.3) is 0 Å². The van der Waals surface area contributed by atoms with Crippen molar-refractivity contribution in [1.82, 2.24) is 5.32 Å². The van der Waals surface area contributed by atoms with Crippen molar-refractivity contribution in [2.75, 3.05) is 20.2 Å². The van der Waals surface area contributed by atoms with E-state index in [-0.39, 0.29) is 0 Å². The molecule has 0 aliphatic carbocycles. The third-order valence-electron chi connectivity index (χ3n) is 2.17. The summed E-state index contributed by atoms with van der Waals surface area (Å²) in [6.07, 6.45) is 2.17. The van der Waals surface area contributed by atoms with Crippen LogP contribution in [0.1, 0.15) is 18.4 Å². The van der Waals surface area contributed by atoms with Gasteiger partial charge in [-0.1, -0.05) is 17.7 Å². The van der Waals surface area contributed by atoms with Gasteiger partial charge in [0, 0.05) is 0 Å². The van der Waals surface area contributed by atoms with Crippen molar-refractivity contribution in [3.8, 4) is 5.75 Å². The molecule has 84 valence electrons. The highest BCUT2D eigenvalue weighted by atomic mass is 35.5. The van der Waals surface area contributed by atoms with Gasteiger partial charge in [-0.3, -0.25) is 0 Å². The maximum Gasteiger partial charge on any atom is 0.137 e. The minimum Gasteiger partial charge on any atom is -0.492 e. The number of unbranched alkanes of at least 4 members (excludes halogenated alkanes) is 1. The minimum absolute atomic E-state index is 0.698. The molecule has 0 atom stereocenters. The zero-order valence-electron chi connectivity index (χ0n) is 9.35. The average Bonchev–Trinajstić information content (AvgIpc) is 2.20. The van der Waals surface area contributed by atoms with Crippen molar-refractivity contribution < 1.29 is 4.74 Å². The molecule has 0 saturated carbocycles. The molecule has 15 heavy (non-hydrogen) atoms. The zero-order chi connectivity index (χ0) is 11.1. The lowest BCUT2D eigenvalue weighted by Crippen LogP contribution is -2.09. The first kappa shape index (κ1) is 12.3. The van der Waals surface area contributed by atoms with Crippen LogP contribution in [0.2, 0.25) is 5.02 Å². The van der Waals surface area contributed by atoms with Crippen molar-refractivity contribution in [2.45, 2.75) is 19.8 Å². The number of hydrogen-bond donors (Lipinski definition) is 1. The van der Waals surface area contributed by atoms with Crippen molar-refractivity contribution in [1.29, 1.82) is 0 Å². The first-order valence-corrected chi connectivity index (χ1v) is 5.65. The summed E-state index contributed by atoms with van der Waals surface area (Å²) in [6, 6.07) is 5.86. The van der Waals surface area contributed by atoms with Gasteiger partial charge in [-0.05, 0) is 51.1 Å². The van der Waals surface area contributed by atoms with E-state index >= 15 is 0 Å². The van der Waals surface area contributed by atoms with E-state index < -0.39 is 0 Å². The quantitative estimate of drug-likeness (QED) is 0.755. The number of ether oxygens (including phenoxy) is 1. The van der Waals surface area contributed by atoms with Gasteiger partial charge in [0.1, 0.15) is 5.75 Å². The largest absolute Gasteiger partial charge is 0.492 e. The summed E-state index contributed by atoms with van der Waals surface area (Å²) in [6.45, 7) is 3.78. The molecular weight excluding hydrogens is 210 g/mol. The molecule has 1 rings (SSSR count). The molecule has 0 saturated heterocycles. The second-order valence-corrected chi connectivity index (χ2v) is 4.00. The Labute approximate surface area is 96.6 Å². The summed E-state index contributed by atoms with van der Waals surface area (Å²) >= 11 is 6.03. The zero-order valence-corrected chi connectivity index (χ0v) is 10.1. The Morgan fingerprint density at radius 2 is 2.13 bits per heavy atom. The van der Waals surface area contributed by atoms with Crippen LogP contribution in [0.15, 0.2) is 18.2 Å². The van der Waals surface area contributed by atoms with Crippen LogP contribution in [-0.4, -0.2) is 20.2 Å². The van der Waals surface area contributed by atoms with Gasteiger partial charge < -0.3 is 10.1 Å². The van der Waals surface area contributed by atoms with E-state index in [0.29, 0.717) is 5.02 Å². The molecule has 0 aliphatic rings. The number of benzene rings is 1. The summed E-state index contributed by atoms with van der Waals surface area (Å²) in [5.41, 5.74) is 1.16. The normalized spacial score (nSPS) is 10.3.